The van der Waals surface area contributed by atoms with Crippen molar-refractivity contribution in [3.8, 4) is 0 Å². The molecule has 0 radical (unpaired) electrons. The van der Waals surface area contributed by atoms with Crippen LogP contribution in [-0.4, -0.2) is 9.97 Å². The van der Waals surface area contributed by atoms with Gasteiger partial charge in [-0.15, -0.1) is 0 Å². The first-order chi connectivity index (χ1) is 9.08. The lowest BCUT2D eigenvalue weighted by Crippen LogP contribution is -2.14. The number of nitrogen functional groups attached to an aromatic ring is 1. The van der Waals surface area contributed by atoms with Crippen molar-refractivity contribution in [3.63, 3.8) is 0 Å². The van der Waals surface area contributed by atoms with Crippen LogP contribution in [0.5, 0.6) is 0 Å². The van der Waals surface area contributed by atoms with E-state index >= 15 is 0 Å². The van der Waals surface area contributed by atoms with Crippen molar-refractivity contribution in [1.82, 2.24) is 9.97 Å². The Bertz CT molecular complexity index is 573. The largest absolute Gasteiger partial charge is 0.363 e. The SMILES string of the molecule is Cc1cc(NC(C)c2cccc(Br)c2)nc(NN)n1. The van der Waals surface area contributed by atoms with Crippen LogP contribution in [0, 0.1) is 6.92 Å². The van der Waals surface area contributed by atoms with Crippen LogP contribution in [0.15, 0.2) is 34.8 Å². The predicted octanol–water partition coefficient (Wildman–Crippen LogP) is 3.01. The number of halogens is 1. The smallest absolute Gasteiger partial charge is 0.239 e. The first-order valence-corrected chi connectivity index (χ1v) is 6.72. The zero-order valence-corrected chi connectivity index (χ0v) is 12.4. The third-order valence-electron chi connectivity index (χ3n) is 2.70. The van der Waals surface area contributed by atoms with E-state index < -0.39 is 0 Å². The molecule has 0 fully saturated rings. The number of aryl methyl sites for hydroxylation is 1. The second-order valence-corrected chi connectivity index (χ2v) is 5.20. The highest BCUT2D eigenvalue weighted by molar-refractivity contribution is 9.10. The van der Waals surface area contributed by atoms with Crippen LogP contribution in [0.3, 0.4) is 0 Å². The topological polar surface area (TPSA) is 75.9 Å². The van der Waals surface area contributed by atoms with Gasteiger partial charge in [-0.2, -0.15) is 4.98 Å². The molecule has 0 aliphatic rings. The summed E-state index contributed by atoms with van der Waals surface area (Å²) in [6, 6.07) is 10.2. The number of benzene rings is 1. The van der Waals surface area contributed by atoms with Gasteiger partial charge in [-0.3, -0.25) is 5.43 Å². The molecule has 1 aromatic heterocycles. The van der Waals surface area contributed by atoms with Gasteiger partial charge in [-0.05, 0) is 31.5 Å². The fourth-order valence-electron chi connectivity index (χ4n) is 1.79. The Labute approximate surface area is 120 Å². The molecule has 0 aliphatic carbocycles. The summed E-state index contributed by atoms with van der Waals surface area (Å²) in [5, 5.41) is 3.33. The van der Waals surface area contributed by atoms with Crippen LogP contribution in [0.4, 0.5) is 11.8 Å². The molecule has 0 spiro atoms. The lowest BCUT2D eigenvalue weighted by molar-refractivity contribution is 0.869. The summed E-state index contributed by atoms with van der Waals surface area (Å²) in [4.78, 5) is 8.42. The van der Waals surface area contributed by atoms with Crippen LogP contribution in [0.1, 0.15) is 24.2 Å². The van der Waals surface area contributed by atoms with Crippen molar-refractivity contribution in [2.45, 2.75) is 19.9 Å². The normalized spacial score (nSPS) is 12.0. The molecule has 4 N–H and O–H groups in total. The maximum atomic E-state index is 5.34. The van der Waals surface area contributed by atoms with E-state index in [4.69, 9.17) is 5.84 Å². The molecule has 100 valence electrons. The molecule has 0 aliphatic heterocycles. The molecular formula is C13H16BrN5. The van der Waals surface area contributed by atoms with Crippen LogP contribution < -0.4 is 16.6 Å². The van der Waals surface area contributed by atoms with Gasteiger partial charge in [0.2, 0.25) is 5.95 Å². The summed E-state index contributed by atoms with van der Waals surface area (Å²) in [6.07, 6.45) is 0. The molecule has 1 atom stereocenters. The highest BCUT2D eigenvalue weighted by Crippen LogP contribution is 2.21. The number of aromatic nitrogens is 2. The van der Waals surface area contributed by atoms with E-state index in [0.29, 0.717) is 5.95 Å². The fraction of sp³-hybridized carbons (Fsp3) is 0.231. The average molecular weight is 322 g/mol. The Morgan fingerprint density at radius 2 is 2.05 bits per heavy atom. The van der Waals surface area contributed by atoms with Crippen molar-refractivity contribution in [3.05, 3.63) is 46.1 Å². The first kappa shape index (κ1) is 13.8. The minimum Gasteiger partial charge on any atom is -0.363 e. The van der Waals surface area contributed by atoms with Crippen LogP contribution in [-0.2, 0) is 0 Å². The Morgan fingerprint density at radius 3 is 2.74 bits per heavy atom. The maximum Gasteiger partial charge on any atom is 0.239 e. The highest BCUT2D eigenvalue weighted by atomic mass is 79.9. The number of rotatable bonds is 4. The van der Waals surface area contributed by atoms with Crippen molar-refractivity contribution in [1.29, 1.82) is 0 Å². The molecule has 0 bridgehead atoms. The summed E-state index contributed by atoms with van der Waals surface area (Å²) >= 11 is 3.47. The number of nitrogens with zero attached hydrogens (tertiary/aromatic N) is 2. The molecule has 1 unspecified atom stereocenters. The van der Waals surface area contributed by atoms with Crippen molar-refractivity contribution in [2.75, 3.05) is 10.7 Å². The minimum absolute atomic E-state index is 0.137. The quantitative estimate of drug-likeness (QED) is 0.596. The molecule has 1 heterocycles. The highest BCUT2D eigenvalue weighted by Gasteiger charge is 2.08. The Balaban J connectivity index is 2.18. The Morgan fingerprint density at radius 1 is 1.26 bits per heavy atom. The summed E-state index contributed by atoms with van der Waals surface area (Å²) in [5.74, 6) is 6.49. The maximum absolute atomic E-state index is 5.34. The third kappa shape index (κ3) is 3.65. The van der Waals surface area contributed by atoms with Crippen LogP contribution >= 0.6 is 15.9 Å². The van der Waals surface area contributed by atoms with Crippen molar-refractivity contribution in [2.24, 2.45) is 5.84 Å². The average Bonchev–Trinajstić information content (AvgIpc) is 2.38. The number of nitrogens with one attached hydrogen (secondary N) is 2. The van der Waals surface area contributed by atoms with E-state index in [1.54, 1.807) is 0 Å². The lowest BCUT2D eigenvalue weighted by Gasteiger charge is -2.16. The monoisotopic (exact) mass is 321 g/mol. The standard InChI is InChI=1S/C13H16BrN5/c1-8-6-12(18-13(16-8)19-15)17-9(2)10-4-3-5-11(14)7-10/h3-7,9H,15H2,1-2H3,(H2,16,17,18,19). The van der Waals surface area contributed by atoms with Gasteiger partial charge in [-0.1, -0.05) is 28.1 Å². The van der Waals surface area contributed by atoms with Gasteiger partial charge in [0.25, 0.3) is 0 Å². The predicted molar refractivity (Wildman–Crippen MR) is 80.8 cm³/mol. The van der Waals surface area contributed by atoms with E-state index in [0.717, 1.165) is 16.0 Å². The van der Waals surface area contributed by atoms with E-state index in [2.05, 4.69) is 55.7 Å². The van der Waals surface area contributed by atoms with E-state index in [1.807, 2.05) is 25.1 Å². The molecule has 1 aromatic carbocycles. The van der Waals surface area contributed by atoms with Crippen molar-refractivity contribution >= 4 is 27.7 Å². The second-order valence-electron chi connectivity index (χ2n) is 4.28. The zero-order chi connectivity index (χ0) is 13.8. The van der Waals surface area contributed by atoms with E-state index in [-0.39, 0.29) is 6.04 Å². The first-order valence-electron chi connectivity index (χ1n) is 5.93. The van der Waals surface area contributed by atoms with Crippen LogP contribution in [0.2, 0.25) is 0 Å². The van der Waals surface area contributed by atoms with E-state index in [9.17, 15) is 0 Å². The number of anilines is 2. The van der Waals surface area contributed by atoms with Gasteiger partial charge >= 0.3 is 0 Å². The van der Waals surface area contributed by atoms with Gasteiger partial charge in [0, 0.05) is 22.3 Å². The van der Waals surface area contributed by atoms with Gasteiger partial charge in [0.1, 0.15) is 5.82 Å². The molecule has 2 rings (SSSR count). The molecule has 0 saturated carbocycles. The number of hydrazine groups is 1. The Kier molecular flexibility index (Phi) is 4.34. The van der Waals surface area contributed by atoms with Gasteiger partial charge in [0.15, 0.2) is 0 Å². The number of hydrogen-bond donors (Lipinski definition) is 3. The summed E-state index contributed by atoms with van der Waals surface area (Å²) in [5.41, 5.74) is 4.49. The summed E-state index contributed by atoms with van der Waals surface area (Å²) in [6.45, 7) is 3.98. The molecule has 6 heteroatoms. The molecule has 19 heavy (non-hydrogen) atoms. The minimum atomic E-state index is 0.137. The second kappa shape index (κ2) is 5.99. The zero-order valence-electron chi connectivity index (χ0n) is 10.8. The fourth-order valence-corrected chi connectivity index (χ4v) is 2.21. The molecule has 0 saturated heterocycles. The number of hydrogen-bond acceptors (Lipinski definition) is 5. The Hall–Kier alpha value is -1.66. The third-order valence-corrected chi connectivity index (χ3v) is 3.19. The van der Waals surface area contributed by atoms with E-state index in [1.165, 1.54) is 5.56 Å². The van der Waals surface area contributed by atoms with Gasteiger partial charge in [-0.25, -0.2) is 10.8 Å². The van der Waals surface area contributed by atoms with Crippen LogP contribution in [0.25, 0.3) is 0 Å². The molecule has 0 amide bonds. The van der Waals surface area contributed by atoms with Gasteiger partial charge < -0.3 is 5.32 Å². The summed E-state index contributed by atoms with van der Waals surface area (Å²) < 4.78 is 1.06. The number of nitrogens with two attached hydrogens (primary N) is 1. The van der Waals surface area contributed by atoms with Gasteiger partial charge in [0.05, 0.1) is 0 Å². The molecule has 2 aromatic rings. The molecule has 5 nitrogen and oxygen atoms in total. The van der Waals surface area contributed by atoms with Crippen molar-refractivity contribution < 1.29 is 0 Å². The summed E-state index contributed by atoms with van der Waals surface area (Å²) in [7, 11) is 0. The lowest BCUT2D eigenvalue weighted by atomic mass is 10.1. The molecular weight excluding hydrogens is 306 g/mol.